The van der Waals surface area contributed by atoms with Crippen LogP contribution in [0.2, 0.25) is 0 Å². The van der Waals surface area contributed by atoms with E-state index in [4.69, 9.17) is 0 Å². The summed E-state index contributed by atoms with van der Waals surface area (Å²) in [5.41, 5.74) is 1.16. The summed E-state index contributed by atoms with van der Waals surface area (Å²) in [5, 5.41) is 1.66. The first-order valence-corrected chi connectivity index (χ1v) is 4.92. The lowest BCUT2D eigenvalue weighted by Crippen LogP contribution is -1.79. The minimum Gasteiger partial charge on any atom is -0.206 e. The van der Waals surface area contributed by atoms with Gasteiger partial charge in [-0.3, -0.25) is 0 Å². The van der Waals surface area contributed by atoms with Crippen molar-refractivity contribution in [3.8, 4) is 0 Å². The molecular weight excluding hydrogens is 175 g/mol. The van der Waals surface area contributed by atoms with Crippen molar-refractivity contribution in [3.05, 3.63) is 47.8 Å². The summed E-state index contributed by atoms with van der Waals surface area (Å²) in [6.07, 6.45) is 0. The van der Waals surface area contributed by atoms with Crippen molar-refractivity contribution < 1.29 is 4.39 Å². The van der Waals surface area contributed by atoms with E-state index in [0.717, 1.165) is 10.9 Å². The van der Waals surface area contributed by atoms with Crippen molar-refractivity contribution in [1.82, 2.24) is 0 Å². The monoisotopic (exact) mass is 190 g/mol. The van der Waals surface area contributed by atoms with Gasteiger partial charge in [0.15, 0.2) is 0 Å². The maximum absolute atomic E-state index is 13.1. The van der Waals surface area contributed by atoms with Gasteiger partial charge in [0.25, 0.3) is 0 Å². The van der Waals surface area contributed by atoms with Gasteiger partial charge in [0, 0.05) is 5.39 Å². The van der Waals surface area contributed by atoms with E-state index in [1.807, 2.05) is 45.0 Å². The van der Waals surface area contributed by atoms with Gasteiger partial charge in [-0.1, -0.05) is 49.7 Å². The van der Waals surface area contributed by atoms with Crippen LogP contribution in [0.25, 0.3) is 10.8 Å². The topological polar surface area (TPSA) is 0 Å². The molecule has 0 unspecified atom stereocenters. The second-order valence-corrected chi connectivity index (χ2v) is 2.96. The molecule has 0 bridgehead atoms. The molecule has 2 aromatic rings. The second-order valence-electron chi connectivity index (χ2n) is 2.96. The van der Waals surface area contributed by atoms with E-state index in [1.165, 1.54) is 6.07 Å². The van der Waals surface area contributed by atoms with Crippen LogP contribution in [0.4, 0.5) is 4.39 Å². The van der Waals surface area contributed by atoms with Crippen LogP contribution in [-0.2, 0) is 0 Å². The zero-order valence-electron chi connectivity index (χ0n) is 8.84. The van der Waals surface area contributed by atoms with E-state index < -0.39 is 0 Å². The van der Waals surface area contributed by atoms with Gasteiger partial charge in [-0.05, 0) is 18.4 Å². The van der Waals surface area contributed by atoms with Crippen molar-refractivity contribution in [2.75, 3.05) is 0 Å². The highest BCUT2D eigenvalue weighted by atomic mass is 19.1. The van der Waals surface area contributed by atoms with E-state index in [-0.39, 0.29) is 5.82 Å². The van der Waals surface area contributed by atoms with Crippen molar-refractivity contribution in [3.63, 3.8) is 0 Å². The number of aryl methyl sites for hydroxylation is 1. The number of rotatable bonds is 0. The number of halogens is 1. The number of hydrogen-bond donors (Lipinski definition) is 0. The Bertz CT molecular complexity index is 419. The van der Waals surface area contributed by atoms with Gasteiger partial charge in [-0.2, -0.15) is 0 Å². The SMILES string of the molecule is CC.Cc1ccc2c(F)cccc2c1. The molecule has 0 aliphatic heterocycles. The molecule has 0 spiro atoms. The Morgan fingerprint density at radius 3 is 2.43 bits per heavy atom. The molecule has 0 radical (unpaired) electrons. The highest BCUT2D eigenvalue weighted by Gasteiger charge is 1.97. The Morgan fingerprint density at radius 1 is 1.00 bits per heavy atom. The van der Waals surface area contributed by atoms with Crippen LogP contribution in [0, 0.1) is 12.7 Å². The van der Waals surface area contributed by atoms with Crippen LogP contribution in [0.15, 0.2) is 36.4 Å². The molecule has 0 amide bonds. The number of hydrogen-bond acceptors (Lipinski definition) is 0. The van der Waals surface area contributed by atoms with Gasteiger partial charge in [-0.25, -0.2) is 4.39 Å². The summed E-state index contributed by atoms with van der Waals surface area (Å²) in [5.74, 6) is -0.146. The van der Waals surface area contributed by atoms with Gasteiger partial charge in [-0.15, -0.1) is 0 Å². The molecule has 0 aliphatic carbocycles. The highest BCUT2D eigenvalue weighted by molar-refractivity contribution is 5.83. The molecular formula is C13H15F. The van der Waals surface area contributed by atoms with Crippen LogP contribution in [0.1, 0.15) is 19.4 Å². The fourth-order valence-corrected chi connectivity index (χ4v) is 1.36. The minimum absolute atomic E-state index is 0.146. The first kappa shape index (κ1) is 10.7. The van der Waals surface area contributed by atoms with E-state index in [0.29, 0.717) is 5.39 Å². The zero-order chi connectivity index (χ0) is 10.6. The van der Waals surface area contributed by atoms with Crippen LogP contribution in [0.3, 0.4) is 0 Å². The molecule has 2 aromatic carbocycles. The van der Waals surface area contributed by atoms with Gasteiger partial charge < -0.3 is 0 Å². The molecule has 2 rings (SSSR count). The third-order valence-corrected chi connectivity index (χ3v) is 1.98. The van der Waals surface area contributed by atoms with Crippen LogP contribution >= 0.6 is 0 Å². The first-order chi connectivity index (χ1) is 6.77. The smallest absolute Gasteiger partial charge is 0.131 e. The summed E-state index contributed by atoms with van der Waals surface area (Å²) in [6.45, 7) is 6.00. The third kappa shape index (κ3) is 2.11. The lowest BCUT2D eigenvalue weighted by molar-refractivity contribution is 0.640. The van der Waals surface area contributed by atoms with Crippen molar-refractivity contribution >= 4 is 10.8 Å². The van der Waals surface area contributed by atoms with Gasteiger partial charge in [0.05, 0.1) is 0 Å². The molecule has 0 saturated carbocycles. The van der Waals surface area contributed by atoms with Crippen molar-refractivity contribution in [1.29, 1.82) is 0 Å². The Balaban J connectivity index is 0.000000461. The predicted octanol–water partition coefficient (Wildman–Crippen LogP) is 4.31. The molecule has 0 saturated heterocycles. The molecule has 0 aliphatic rings. The second kappa shape index (κ2) is 4.75. The molecule has 0 nitrogen and oxygen atoms in total. The van der Waals surface area contributed by atoms with Gasteiger partial charge >= 0.3 is 0 Å². The summed E-state index contributed by atoms with van der Waals surface area (Å²) in [6, 6.07) is 10.9. The average Bonchev–Trinajstić information content (AvgIpc) is 2.21. The molecule has 14 heavy (non-hydrogen) atoms. The first-order valence-electron chi connectivity index (χ1n) is 4.92. The zero-order valence-corrected chi connectivity index (χ0v) is 8.84. The summed E-state index contributed by atoms with van der Waals surface area (Å²) < 4.78 is 13.1. The fraction of sp³-hybridized carbons (Fsp3) is 0.231. The fourth-order valence-electron chi connectivity index (χ4n) is 1.36. The molecule has 0 atom stereocenters. The van der Waals surface area contributed by atoms with E-state index >= 15 is 0 Å². The standard InChI is InChI=1S/C11H9F.C2H6/c1-8-5-6-10-9(7-8)3-2-4-11(10)12;1-2/h2-7H,1H3;1-2H3. The van der Waals surface area contributed by atoms with E-state index in [1.54, 1.807) is 6.07 Å². The van der Waals surface area contributed by atoms with Gasteiger partial charge in [0.2, 0.25) is 0 Å². The largest absolute Gasteiger partial charge is 0.206 e. The maximum atomic E-state index is 13.1. The van der Waals surface area contributed by atoms with E-state index in [9.17, 15) is 4.39 Å². The number of fused-ring (bicyclic) bond motifs is 1. The van der Waals surface area contributed by atoms with E-state index in [2.05, 4.69) is 0 Å². The van der Waals surface area contributed by atoms with Crippen LogP contribution in [0.5, 0.6) is 0 Å². The maximum Gasteiger partial charge on any atom is 0.131 e. The lowest BCUT2D eigenvalue weighted by atomic mass is 10.1. The molecule has 0 aromatic heterocycles. The molecule has 74 valence electrons. The Labute approximate surface area is 84.4 Å². The van der Waals surface area contributed by atoms with Gasteiger partial charge in [0.1, 0.15) is 5.82 Å². The van der Waals surface area contributed by atoms with Crippen molar-refractivity contribution in [2.24, 2.45) is 0 Å². The Hall–Kier alpha value is -1.37. The van der Waals surface area contributed by atoms with Crippen LogP contribution < -0.4 is 0 Å². The summed E-state index contributed by atoms with van der Waals surface area (Å²) in [7, 11) is 0. The molecule has 0 heterocycles. The summed E-state index contributed by atoms with van der Waals surface area (Å²) >= 11 is 0. The molecule has 0 N–H and O–H groups in total. The third-order valence-electron chi connectivity index (χ3n) is 1.98. The predicted molar refractivity (Wildman–Crippen MR) is 60.0 cm³/mol. The minimum atomic E-state index is -0.146. The molecule has 1 heteroatoms. The quantitative estimate of drug-likeness (QED) is 0.580. The Morgan fingerprint density at radius 2 is 1.71 bits per heavy atom. The normalized spacial score (nSPS) is 9.43. The lowest BCUT2D eigenvalue weighted by Gasteiger charge is -1.99. The number of benzene rings is 2. The Kier molecular flexibility index (Phi) is 3.63. The molecule has 0 fully saturated rings. The van der Waals surface area contributed by atoms with Crippen LogP contribution in [-0.4, -0.2) is 0 Å². The van der Waals surface area contributed by atoms with Crippen molar-refractivity contribution in [2.45, 2.75) is 20.8 Å². The summed E-state index contributed by atoms with van der Waals surface area (Å²) in [4.78, 5) is 0. The average molecular weight is 190 g/mol. The highest BCUT2D eigenvalue weighted by Crippen LogP contribution is 2.18.